The summed E-state index contributed by atoms with van der Waals surface area (Å²) in [5, 5.41) is 4.08. The number of halogens is 1. The lowest BCUT2D eigenvalue weighted by atomic mass is 9.96. The average Bonchev–Trinajstić information content (AvgIpc) is 2.75. The molecule has 0 saturated heterocycles. The van der Waals surface area contributed by atoms with Crippen LogP contribution in [0.3, 0.4) is 0 Å². The number of ether oxygens (including phenoxy) is 1. The molecular formula is C11H20FN3O. The van der Waals surface area contributed by atoms with Gasteiger partial charge in [0.2, 0.25) is 0 Å². The van der Waals surface area contributed by atoms with E-state index in [-0.39, 0.29) is 6.61 Å². The molecule has 92 valence electrons. The molecule has 0 saturated carbocycles. The summed E-state index contributed by atoms with van der Waals surface area (Å²) in [6.07, 6.45) is 2.61. The van der Waals surface area contributed by atoms with Crippen LogP contribution in [0.25, 0.3) is 0 Å². The highest BCUT2D eigenvalue weighted by atomic mass is 19.1. The molecule has 0 aliphatic rings. The second-order valence-corrected chi connectivity index (χ2v) is 3.82. The van der Waals surface area contributed by atoms with Crippen molar-refractivity contribution in [1.29, 1.82) is 0 Å². The van der Waals surface area contributed by atoms with Gasteiger partial charge in [0.1, 0.15) is 0 Å². The number of aromatic nitrogens is 2. The fourth-order valence-corrected chi connectivity index (χ4v) is 1.85. The van der Waals surface area contributed by atoms with Crippen molar-refractivity contribution in [3.63, 3.8) is 0 Å². The van der Waals surface area contributed by atoms with Crippen LogP contribution in [0.5, 0.6) is 0 Å². The number of nitrogens with zero attached hydrogens (tertiary/aromatic N) is 2. The SMILES string of the molecule is CCn1nccc1C(F)(CCCN)COC. The Labute approximate surface area is 95.6 Å². The maximum atomic E-state index is 14.8. The molecule has 0 fully saturated rings. The maximum absolute atomic E-state index is 14.8. The van der Waals surface area contributed by atoms with E-state index in [0.29, 0.717) is 31.6 Å². The largest absolute Gasteiger partial charge is 0.381 e. The number of alkyl halides is 1. The Morgan fingerprint density at radius 2 is 2.38 bits per heavy atom. The van der Waals surface area contributed by atoms with E-state index in [4.69, 9.17) is 10.5 Å². The van der Waals surface area contributed by atoms with E-state index in [2.05, 4.69) is 5.10 Å². The standard InChI is InChI=1S/C11H20FN3O/c1-3-15-10(5-8-14-15)11(12,9-16-2)6-4-7-13/h5,8H,3-4,6-7,9,13H2,1-2H3. The van der Waals surface area contributed by atoms with Crippen molar-refractivity contribution in [2.45, 2.75) is 32.0 Å². The number of nitrogens with two attached hydrogens (primary N) is 1. The van der Waals surface area contributed by atoms with Crippen molar-refractivity contribution >= 4 is 0 Å². The first-order valence-corrected chi connectivity index (χ1v) is 5.58. The lowest BCUT2D eigenvalue weighted by molar-refractivity contribution is 0.0237. The number of aryl methyl sites for hydroxylation is 1. The molecule has 1 heterocycles. The monoisotopic (exact) mass is 229 g/mol. The van der Waals surface area contributed by atoms with Crippen LogP contribution in [0.2, 0.25) is 0 Å². The Bertz CT molecular complexity index is 316. The van der Waals surface area contributed by atoms with Crippen LogP contribution in [0, 0.1) is 0 Å². The molecule has 0 aliphatic carbocycles. The molecule has 1 aromatic rings. The first-order valence-electron chi connectivity index (χ1n) is 5.58. The molecule has 16 heavy (non-hydrogen) atoms. The fraction of sp³-hybridized carbons (Fsp3) is 0.727. The number of hydrogen-bond donors (Lipinski definition) is 1. The van der Waals surface area contributed by atoms with Gasteiger partial charge < -0.3 is 10.5 Å². The minimum Gasteiger partial charge on any atom is -0.381 e. The topological polar surface area (TPSA) is 53.1 Å². The predicted octanol–water partition coefficient (Wildman–Crippen LogP) is 1.45. The van der Waals surface area contributed by atoms with Crippen LogP contribution >= 0.6 is 0 Å². The summed E-state index contributed by atoms with van der Waals surface area (Å²) < 4.78 is 21.4. The van der Waals surface area contributed by atoms with E-state index in [0.717, 1.165) is 0 Å². The Balaban J connectivity index is 2.91. The Kier molecular flexibility index (Phi) is 4.89. The molecule has 4 nitrogen and oxygen atoms in total. The summed E-state index contributed by atoms with van der Waals surface area (Å²) in [4.78, 5) is 0. The van der Waals surface area contributed by atoms with Gasteiger partial charge in [0.05, 0.1) is 12.3 Å². The van der Waals surface area contributed by atoms with Gasteiger partial charge in [-0.2, -0.15) is 5.10 Å². The second kappa shape index (κ2) is 5.96. The van der Waals surface area contributed by atoms with Gasteiger partial charge in [-0.15, -0.1) is 0 Å². The molecule has 1 rings (SSSR count). The van der Waals surface area contributed by atoms with Gasteiger partial charge in [-0.05, 0) is 32.4 Å². The summed E-state index contributed by atoms with van der Waals surface area (Å²) in [6.45, 7) is 3.11. The second-order valence-electron chi connectivity index (χ2n) is 3.82. The summed E-state index contributed by atoms with van der Waals surface area (Å²) in [5.74, 6) is 0. The molecular weight excluding hydrogens is 209 g/mol. The van der Waals surface area contributed by atoms with E-state index in [1.54, 1.807) is 16.9 Å². The van der Waals surface area contributed by atoms with Gasteiger partial charge in [0.15, 0.2) is 5.67 Å². The fourth-order valence-electron chi connectivity index (χ4n) is 1.85. The first kappa shape index (κ1) is 13.1. The zero-order valence-corrected chi connectivity index (χ0v) is 9.95. The molecule has 2 N–H and O–H groups in total. The number of hydrogen-bond acceptors (Lipinski definition) is 3. The van der Waals surface area contributed by atoms with E-state index in [9.17, 15) is 4.39 Å². The third-order valence-electron chi connectivity index (χ3n) is 2.63. The molecule has 0 aliphatic heterocycles. The summed E-state index contributed by atoms with van der Waals surface area (Å²) in [6, 6.07) is 1.71. The Morgan fingerprint density at radius 1 is 1.62 bits per heavy atom. The zero-order chi connectivity index (χ0) is 12.0. The molecule has 0 aromatic carbocycles. The highest BCUT2D eigenvalue weighted by Crippen LogP contribution is 2.31. The summed E-state index contributed by atoms with van der Waals surface area (Å²) >= 11 is 0. The van der Waals surface area contributed by atoms with Crippen LogP contribution < -0.4 is 5.73 Å². The predicted molar refractivity (Wildman–Crippen MR) is 60.9 cm³/mol. The van der Waals surface area contributed by atoms with Crippen LogP contribution in [0.1, 0.15) is 25.5 Å². The van der Waals surface area contributed by atoms with Crippen molar-refractivity contribution in [3.05, 3.63) is 18.0 Å². The average molecular weight is 229 g/mol. The minimum absolute atomic E-state index is 0.0404. The van der Waals surface area contributed by atoms with Gasteiger partial charge in [-0.3, -0.25) is 4.68 Å². The van der Waals surface area contributed by atoms with Crippen molar-refractivity contribution in [1.82, 2.24) is 9.78 Å². The molecule has 0 radical (unpaired) electrons. The molecule has 0 amide bonds. The molecule has 0 bridgehead atoms. The minimum atomic E-state index is -1.49. The number of rotatable bonds is 7. The zero-order valence-electron chi connectivity index (χ0n) is 9.95. The van der Waals surface area contributed by atoms with Crippen LogP contribution in [0.15, 0.2) is 12.3 Å². The Hall–Kier alpha value is -0.940. The van der Waals surface area contributed by atoms with Crippen molar-refractivity contribution < 1.29 is 9.13 Å². The van der Waals surface area contributed by atoms with Gasteiger partial charge >= 0.3 is 0 Å². The number of methoxy groups -OCH3 is 1. The molecule has 0 spiro atoms. The smallest absolute Gasteiger partial charge is 0.175 e. The summed E-state index contributed by atoms with van der Waals surface area (Å²) in [7, 11) is 1.50. The van der Waals surface area contributed by atoms with Crippen molar-refractivity contribution in [3.8, 4) is 0 Å². The quantitative estimate of drug-likeness (QED) is 0.770. The van der Waals surface area contributed by atoms with Crippen LogP contribution in [0.4, 0.5) is 4.39 Å². The third kappa shape index (κ3) is 2.80. The van der Waals surface area contributed by atoms with E-state index in [1.807, 2.05) is 6.92 Å². The van der Waals surface area contributed by atoms with Crippen LogP contribution in [-0.4, -0.2) is 30.0 Å². The van der Waals surface area contributed by atoms with Crippen molar-refractivity contribution in [2.24, 2.45) is 5.73 Å². The van der Waals surface area contributed by atoms with E-state index < -0.39 is 5.67 Å². The highest BCUT2D eigenvalue weighted by Gasteiger charge is 2.34. The Morgan fingerprint density at radius 3 is 2.94 bits per heavy atom. The molecule has 1 aromatic heterocycles. The molecule has 1 unspecified atom stereocenters. The van der Waals surface area contributed by atoms with Gasteiger partial charge in [-0.1, -0.05) is 0 Å². The first-order chi connectivity index (χ1) is 7.68. The molecule has 1 atom stereocenters. The normalized spacial score (nSPS) is 15.0. The highest BCUT2D eigenvalue weighted by molar-refractivity contribution is 5.12. The van der Waals surface area contributed by atoms with Crippen molar-refractivity contribution in [2.75, 3.05) is 20.3 Å². The third-order valence-corrected chi connectivity index (χ3v) is 2.63. The van der Waals surface area contributed by atoms with Gasteiger partial charge in [0.25, 0.3) is 0 Å². The lowest BCUT2D eigenvalue weighted by Gasteiger charge is -2.25. The van der Waals surface area contributed by atoms with Gasteiger partial charge in [-0.25, -0.2) is 4.39 Å². The van der Waals surface area contributed by atoms with Gasteiger partial charge in [0, 0.05) is 19.9 Å². The molecule has 5 heteroatoms. The summed E-state index contributed by atoms with van der Waals surface area (Å²) in [5.41, 5.74) is 4.51. The maximum Gasteiger partial charge on any atom is 0.175 e. The van der Waals surface area contributed by atoms with E-state index in [1.165, 1.54) is 7.11 Å². The lowest BCUT2D eigenvalue weighted by Crippen LogP contribution is -2.30. The van der Waals surface area contributed by atoms with Crippen LogP contribution in [-0.2, 0) is 17.0 Å². The van der Waals surface area contributed by atoms with E-state index >= 15 is 0 Å².